The number of nitrogens with two attached hydrogens (primary N) is 1. The van der Waals surface area contributed by atoms with Gasteiger partial charge in [-0.2, -0.15) is 0 Å². The first kappa shape index (κ1) is 9.52. The van der Waals surface area contributed by atoms with Gasteiger partial charge in [-0.15, -0.1) is 0 Å². The minimum atomic E-state index is -0.383. The topological polar surface area (TPSA) is 55.1 Å². The maximum atomic E-state index is 11.0. The fourth-order valence-corrected chi connectivity index (χ4v) is 1.31. The van der Waals surface area contributed by atoms with E-state index in [1.807, 2.05) is 0 Å². The molecule has 0 spiro atoms. The molecule has 0 aromatic heterocycles. The van der Waals surface area contributed by atoms with Crippen LogP contribution in [0.25, 0.3) is 0 Å². The maximum absolute atomic E-state index is 11.0. The zero-order chi connectivity index (χ0) is 9.35. The van der Waals surface area contributed by atoms with Crippen molar-refractivity contribution in [2.45, 2.75) is 33.2 Å². The second-order valence-corrected chi connectivity index (χ2v) is 4.42. The second-order valence-electron chi connectivity index (χ2n) is 4.42. The molecule has 1 saturated carbocycles. The monoisotopic (exact) mass is 170 g/mol. The third-order valence-corrected chi connectivity index (χ3v) is 2.65. The summed E-state index contributed by atoms with van der Waals surface area (Å²) in [6, 6.07) is -0.383. The predicted molar refractivity (Wildman–Crippen MR) is 48.5 cm³/mol. The Labute approximate surface area is 73.7 Å². The second kappa shape index (κ2) is 3.05. The van der Waals surface area contributed by atoms with Crippen molar-refractivity contribution in [1.29, 1.82) is 0 Å². The molecule has 0 aliphatic heterocycles. The molecule has 0 bridgehead atoms. The largest absolute Gasteiger partial charge is 0.354 e. The van der Waals surface area contributed by atoms with Gasteiger partial charge in [0.15, 0.2) is 0 Å². The molecule has 1 unspecified atom stereocenters. The highest BCUT2D eigenvalue weighted by atomic mass is 16.2. The highest BCUT2D eigenvalue weighted by Crippen LogP contribution is 2.50. The summed E-state index contributed by atoms with van der Waals surface area (Å²) in [6.07, 6.45) is 1.21. The maximum Gasteiger partial charge on any atom is 0.236 e. The molecule has 1 amide bonds. The SMILES string of the molecule is C[C@@H](N)C(=O)NCC1CC1(C)C. The number of nitrogens with one attached hydrogen (secondary N) is 1. The molecule has 3 nitrogen and oxygen atoms in total. The van der Waals surface area contributed by atoms with Gasteiger partial charge < -0.3 is 11.1 Å². The lowest BCUT2D eigenvalue weighted by Gasteiger charge is -2.08. The molecule has 3 heteroatoms. The van der Waals surface area contributed by atoms with Gasteiger partial charge >= 0.3 is 0 Å². The van der Waals surface area contributed by atoms with Crippen LogP contribution in [0.5, 0.6) is 0 Å². The molecule has 70 valence electrons. The first-order chi connectivity index (χ1) is 5.43. The number of rotatable bonds is 3. The molecule has 0 heterocycles. The summed E-state index contributed by atoms with van der Waals surface area (Å²) in [4.78, 5) is 11.0. The molecule has 1 aliphatic carbocycles. The zero-order valence-corrected chi connectivity index (χ0v) is 8.05. The predicted octanol–water partition coefficient (Wildman–Crippen LogP) is 0.496. The van der Waals surface area contributed by atoms with E-state index in [-0.39, 0.29) is 11.9 Å². The highest BCUT2D eigenvalue weighted by Gasteiger charge is 2.45. The van der Waals surface area contributed by atoms with E-state index >= 15 is 0 Å². The van der Waals surface area contributed by atoms with Gasteiger partial charge in [-0.25, -0.2) is 0 Å². The van der Waals surface area contributed by atoms with Crippen LogP contribution < -0.4 is 11.1 Å². The van der Waals surface area contributed by atoms with Gasteiger partial charge in [0.05, 0.1) is 6.04 Å². The van der Waals surface area contributed by atoms with Gasteiger partial charge in [0.25, 0.3) is 0 Å². The quantitative estimate of drug-likeness (QED) is 0.648. The Hall–Kier alpha value is -0.570. The Bertz CT molecular complexity index is 187. The average molecular weight is 170 g/mol. The first-order valence-electron chi connectivity index (χ1n) is 4.47. The lowest BCUT2D eigenvalue weighted by molar-refractivity contribution is -0.122. The molecular formula is C9H18N2O. The summed E-state index contributed by atoms with van der Waals surface area (Å²) in [5.74, 6) is 0.609. The summed E-state index contributed by atoms with van der Waals surface area (Å²) in [7, 11) is 0. The van der Waals surface area contributed by atoms with Gasteiger partial charge in [-0.1, -0.05) is 13.8 Å². The molecule has 1 rings (SSSR count). The van der Waals surface area contributed by atoms with Crippen LogP contribution in [0.15, 0.2) is 0 Å². The van der Waals surface area contributed by atoms with Crippen molar-refractivity contribution in [3.05, 3.63) is 0 Å². The van der Waals surface area contributed by atoms with E-state index in [9.17, 15) is 4.79 Å². The number of carbonyl (C=O) groups excluding carboxylic acids is 1. The Morgan fingerprint density at radius 3 is 2.58 bits per heavy atom. The fourth-order valence-electron chi connectivity index (χ4n) is 1.31. The molecule has 12 heavy (non-hydrogen) atoms. The molecule has 0 aromatic carbocycles. The third-order valence-electron chi connectivity index (χ3n) is 2.65. The van der Waals surface area contributed by atoms with E-state index in [1.54, 1.807) is 6.92 Å². The summed E-state index contributed by atoms with van der Waals surface area (Å²) in [5, 5.41) is 2.84. The van der Waals surface area contributed by atoms with Crippen LogP contribution in [0, 0.1) is 11.3 Å². The minimum absolute atomic E-state index is 0.0438. The first-order valence-corrected chi connectivity index (χ1v) is 4.47. The molecule has 2 atom stereocenters. The number of hydrogen-bond acceptors (Lipinski definition) is 2. The zero-order valence-electron chi connectivity index (χ0n) is 8.05. The molecule has 1 aliphatic rings. The minimum Gasteiger partial charge on any atom is -0.354 e. The van der Waals surface area contributed by atoms with Crippen LogP contribution in [-0.4, -0.2) is 18.5 Å². The van der Waals surface area contributed by atoms with Crippen molar-refractivity contribution in [2.75, 3.05) is 6.54 Å². The number of carbonyl (C=O) groups is 1. The third kappa shape index (κ3) is 2.21. The van der Waals surface area contributed by atoms with Crippen LogP contribution in [0.3, 0.4) is 0 Å². The Morgan fingerprint density at radius 2 is 2.25 bits per heavy atom. The molecular weight excluding hydrogens is 152 g/mol. The fraction of sp³-hybridized carbons (Fsp3) is 0.889. The van der Waals surface area contributed by atoms with Crippen molar-refractivity contribution < 1.29 is 4.79 Å². The summed E-state index contributed by atoms with van der Waals surface area (Å²) < 4.78 is 0. The van der Waals surface area contributed by atoms with E-state index < -0.39 is 0 Å². The van der Waals surface area contributed by atoms with Gasteiger partial charge in [0, 0.05) is 6.54 Å². The van der Waals surface area contributed by atoms with Crippen LogP contribution >= 0.6 is 0 Å². The number of hydrogen-bond donors (Lipinski definition) is 2. The van der Waals surface area contributed by atoms with Crippen LogP contribution in [0.4, 0.5) is 0 Å². The van der Waals surface area contributed by atoms with E-state index in [0.717, 1.165) is 6.54 Å². The van der Waals surface area contributed by atoms with E-state index in [0.29, 0.717) is 11.3 Å². The van der Waals surface area contributed by atoms with Crippen molar-refractivity contribution in [3.63, 3.8) is 0 Å². The van der Waals surface area contributed by atoms with E-state index in [4.69, 9.17) is 5.73 Å². The summed E-state index contributed by atoms with van der Waals surface area (Å²) in [5.41, 5.74) is 5.83. The molecule has 1 fully saturated rings. The lowest BCUT2D eigenvalue weighted by atomic mass is 10.1. The standard InChI is InChI=1S/C9H18N2O/c1-6(10)8(12)11-5-7-4-9(7,2)3/h6-7H,4-5,10H2,1-3H3,(H,11,12)/t6-,7?/m1/s1. The molecule has 3 N–H and O–H groups in total. The highest BCUT2D eigenvalue weighted by molar-refractivity contribution is 5.80. The number of amides is 1. The van der Waals surface area contributed by atoms with Crippen molar-refractivity contribution in [3.8, 4) is 0 Å². The van der Waals surface area contributed by atoms with Gasteiger partial charge in [-0.3, -0.25) is 4.79 Å². The Morgan fingerprint density at radius 1 is 1.75 bits per heavy atom. The van der Waals surface area contributed by atoms with Gasteiger partial charge in [-0.05, 0) is 24.7 Å². The summed E-state index contributed by atoms with van der Waals surface area (Å²) in [6.45, 7) is 6.92. The van der Waals surface area contributed by atoms with Crippen molar-refractivity contribution >= 4 is 5.91 Å². The molecule has 0 aromatic rings. The normalized spacial score (nSPS) is 27.8. The smallest absolute Gasteiger partial charge is 0.236 e. The average Bonchev–Trinajstić information content (AvgIpc) is 2.54. The van der Waals surface area contributed by atoms with Crippen LogP contribution in [-0.2, 0) is 4.79 Å². The lowest BCUT2D eigenvalue weighted by Crippen LogP contribution is -2.39. The van der Waals surface area contributed by atoms with Crippen LogP contribution in [0.1, 0.15) is 27.2 Å². The van der Waals surface area contributed by atoms with Crippen molar-refractivity contribution in [1.82, 2.24) is 5.32 Å². The van der Waals surface area contributed by atoms with Gasteiger partial charge in [0.2, 0.25) is 5.91 Å². The van der Waals surface area contributed by atoms with Gasteiger partial charge in [0.1, 0.15) is 0 Å². The Balaban J connectivity index is 2.16. The Kier molecular flexibility index (Phi) is 2.42. The molecule has 0 saturated heterocycles. The summed E-state index contributed by atoms with van der Waals surface area (Å²) >= 11 is 0. The van der Waals surface area contributed by atoms with Crippen molar-refractivity contribution in [2.24, 2.45) is 17.1 Å². The van der Waals surface area contributed by atoms with Crippen LogP contribution in [0.2, 0.25) is 0 Å². The van der Waals surface area contributed by atoms with E-state index in [2.05, 4.69) is 19.2 Å². The van der Waals surface area contributed by atoms with E-state index in [1.165, 1.54) is 6.42 Å². The molecule has 0 radical (unpaired) electrons.